The number of hydrogen-bond donors (Lipinski definition) is 1. The third kappa shape index (κ3) is 1.47. The maximum Gasteiger partial charge on any atom is -0.000157 e. The summed E-state index contributed by atoms with van der Waals surface area (Å²) in [5, 5.41) is 7.14. The number of nitrogens with one attached hydrogen (secondary N) is 1. The van der Waals surface area contributed by atoms with Crippen LogP contribution in [0.25, 0.3) is 0 Å². The second kappa shape index (κ2) is 3.00. The van der Waals surface area contributed by atoms with Crippen LogP contribution in [0.2, 0.25) is 0 Å². The molecule has 0 spiro atoms. The van der Waals surface area contributed by atoms with Crippen LogP contribution >= 0.6 is 0 Å². The van der Waals surface area contributed by atoms with Crippen LogP contribution in [0, 0.1) is 17.2 Å². The lowest BCUT2D eigenvalue weighted by Gasteiger charge is -2.22. The monoisotopic (exact) mass is 137 g/mol. The Kier molecular flexibility index (Phi) is 2.25. The van der Waals surface area contributed by atoms with E-state index in [0.717, 1.165) is 0 Å². The third-order valence-corrected chi connectivity index (χ3v) is 2.31. The highest BCUT2D eigenvalue weighted by Gasteiger charge is 2.16. The molecule has 1 nitrogen and oxygen atoms in total. The van der Waals surface area contributed by atoms with Gasteiger partial charge in [-0.2, -0.15) is 0 Å². The first-order valence-corrected chi connectivity index (χ1v) is 3.92. The lowest BCUT2D eigenvalue weighted by atomic mass is 9.83. The minimum absolute atomic E-state index is 0.503. The molecule has 0 aromatic heterocycles. The zero-order chi connectivity index (χ0) is 7.56. The molecule has 10 heavy (non-hydrogen) atoms. The second-order valence-electron chi connectivity index (χ2n) is 3.24. The fourth-order valence-corrected chi connectivity index (χ4v) is 1.55. The SMILES string of the molecule is CC1=CC(C)C(C=N)CC1. The predicted octanol–water partition coefficient (Wildman–Crippen LogP) is 2.63. The molecule has 56 valence electrons. The van der Waals surface area contributed by atoms with Gasteiger partial charge in [0.05, 0.1) is 0 Å². The molecule has 2 atom stereocenters. The highest BCUT2D eigenvalue weighted by molar-refractivity contribution is 5.58. The molecule has 0 aliphatic heterocycles. The molecule has 0 saturated heterocycles. The van der Waals surface area contributed by atoms with Crippen LogP contribution in [-0.4, -0.2) is 6.21 Å². The molecule has 1 aliphatic carbocycles. The standard InChI is InChI=1S/C9H15N/c1-7-3-4-9(6-10)8(2)5-7/h5-6,8-10H,3-4H2,1-2H3. The van der Waals surface area contributed by atoms with Gasteiger partial charge in [0.2, 0.25) is 0 Å². The quantitative estimate of drug-likeness (QED) is 0.424. The fraction of sp³-hybridized carbons (Fsp3) is 0.667. The summed E-state index contributed by atoms with van der Waals surface area (Å²) in [5.74, 6) is 1.09. The van der Waals surface area contributed by atoms with Crippen LogP contribution in [0.5, 0.6) is 0 Å². The van der Waals surface area contributed by atoms with Crippen molar-refractivity contribution in [1.29, 1.82) is 5.41 Å². The van der Waals surface area contributed by atoms with Crippen LogP contribution in [0.1, 0.15) is 26.7 Å². The normalized spacial score (nSPS) is 33.2. The summed E-state index contributed by atoms with van der Waals surface area (Å²) in [6.07, 6.45) is 6.24. The molecular formula is C9H15N. The molecule has 0 radical (unpaired) electrons. The molecule has 0 heterocycles. The van der Waals surface area contributed by atoms with Crippen LogP contribution in [0.4, 0.5) is 0 Å². The minimum Gasteiger partial charge on any atom is -0.313 e. The summed E-state index contributed by atoms with van der Waals surface area (Å²) in [5.41, 5.74) is 1.49. The Morgan fingerprint density at radius 3 is 2.90 bits per heavy atom. The van der Waals surface area contributed by atoms with Crippen molar-refractivity contribution < 1.29 is 0 Å². The smallest absolute Gasteiger partial charge is 0.000157 e. The summed E-state index contributed by atoms with van der Waals surface area (Å²) >= 11 is 0. The van der Waals surface area contributed by atoms with Gasteiger partial charge in [-0.05, 0) is 37.8 Å². The van der Waals surface area contributed by atoms with Crippen LogP contribution in [-0.2, 0) is 0 Å². The molecule has 1 aliphatic rings. The zero-order valence-corrected chi connectivity index (χ0v) is 6.72. The van der Waals surface area contributed by atoms with E-state index >= 15 is 0 Å². The molecule has 0 bridgehead atoms. The van der Waals surface area contributed by atoms with Gasteiger partial charge in [0.15, 0.2) is 0 Å². The molecule has 1 N–H and O–H groups in total. The molecule has 0 saturated carbocycles. The third-order valence-electron chi connectivity index (χ3n) is 2.31. The summed E-state index contributed by atoms with van der Waals surface area (Å²) in [4.78, 5) is 0. The number of allylic oxidation sites excluding steroid dienone is 2. The van der Waals surface area contributed by atoms with Crippen molar-refractivity contribution in [2.45, 2.75) is 26.7 Å². The highest BCUT2D eigenvalue weighted by atomic mass is 14.4. The number of hydrogen-bond acceptors (Lipinski definition) is 1. The van der Waals surface area contributed by atoms with E-state index in [-0.39, 0.29) is 0 Å². The Labute approximate surface area is 62.6 Å². The fourth-order valence-electron chi connectivity index (χ4n) is 1.55. The number of rotatable bonds is 1. The van der Waals surface area contributed by atoms with E-state index in [1.807, 2.05) is 0 Å². The van der Waals surface area contributed by atoms with Crippen molar-refractivity contribution in [2.24, 2.45) is 11.8 Å². The van der Waals surface area contributed by atoms with E-state index in [1.165, 1.54) is 18.4 Å². The first-order chi connectivity index (χ1) is 4.74. The van der Waals surface area contributed by atoms with Gasteiger partial charge in [-0.25, -0.2) is 0 Å². The molecule has 2 unspecified atom stereocenters. The van der Waals surface area contributed by atoms with Crippen molar-refractivity contribution in [3.05, 3.63) is 11.6 Å². The van der Waals surface area contributed by atoms with Crippen molar-refractivity contribution in [3.63, 3.8) is 0 Å². The highest BCUT2D eigenvalue weighted by Crippen LogP contribution is 2.26. The predicted molar refractivity (Wildman–Crippen MR) is 44.4 cm³/mol. The molecular weight excluding hydrogens is 122 g/mol. The lowest BCUT2D eigenvalue weighted by molar-refractivity contribution is 0.482. The van der Waals surface area contributed by atoms with Crippen LogP contribution in [0.15, 0.2) is 11.6 Å². The van der Waals surface area contributed by atoms with Gasteiger partial charge in [0, 0.05) is 0 Å². The maximum absolute atomic E-state index is 7.14. The van der Waals surface area contributed by atoms with Crippen molar-refractivity contribution in [2.75, 3.05) is 0 Å². The van der Waals surface area contributed by atoms with E-state index in [9.17, 15) is 0 Å². The molecule has 0 fully saturated rings. The molecule has 1 heteroatoms. The van der Waals surface area contributed by atoms with Gasteiger partial charge in [0.25, 0.3) is 0 Å². The summed E-state index contributed by atoms with van der Waals surface area (Å²) in [6, 6.07) is 0. The topological polar surface area (TPSA) is 23.9 Å². The Morgan fingerprint density at radius 1 is 1.70 bits per heavy atom. The zero-order valence-electron chi connectivity index (χ0n) is 6.72. The Hall–Kier alpha value is -0.590. The maximum atomic E-state index is 7.14. The Bertz CT molecular complexity index is 158. The second-order valence-corrected chi connectivity index (χ2v) is 3.24. The van der Waals surface area contributed by atoms with E-state index in [1.54, 1.807) is 6.21 Å². The summed E-state index contributed by atoms with van der Waals surface area (Å²) in [6.45, 7) is 4.37. The van der Waals surface area contributed by atoms with E-state index in [2.05, 4.69) is 19.9 Å². The first-order valence-electron chi connectivity index (χ1n) is 3.92. The van der Waals surface area contributed by atoms with E-state index < -0.39 is 0 Å². The van der Waals surface area contributed by atoms with Gasteiger partial charge >= 0.3 is 0 Å². The van der Waals surface area contributed by atoms with Crippen molar-refractivity contribution in [3.8, 4) is 0 Å². The lowest BCUT2D eigenvalue weighted by Crippen LogP contribution is -2.15. The van der Waals surface area contributed by atoms with Gasteiger partial charge in [-0.15, -0.1) is 0 Å². The van der Waals surface area contributed by atoms with Crippen LogP contribution < -0.4 is 0 Å². The van der Waals surface area contributed by atoms with Crippen LogP contribution in [0.3, 0.4) is 0 Å². The average molecular weight is 137 g/mol. The van der Waals surface area contributed by atoms with Gasteiger partial charge < -0.3 is 5.41 Å². The largest absolute Gasteiger partial charge is 0.313 e. The van der Waals surface area contributed by atoms with Gasteiger partial charge in [-0.1, -0.05) is 18.6 Å². The first kappa shape index (κ1) is 7.52. The molecule has 0 amide bonds. The van der Waals surface area contributed by atoms with E-state index in [4.69, 9.17) is 5.41 Å². The van der Waals surface area contributed by atoms with Crippen molar-refractivity contribution >= 4 is 6.21 Å². The average Bonchev–Trinajstić information content (AvgIpc) is 1.88. The Morgan fingerprint density at radius 2 is 2.40 bits per heavy atom. The molecule has 1 rings (SSSR count). The summed E-state index contributed by atoms with van der Waals surface area (Å²) < 4.78 is 0. The summed E-state index contributed by atoms with van der Waals surface area (Å²) in [7, 11) is 0. The van der Waals surface area contributed by atoms with Gasteiger partial charge in [0.1, 0.15) is 0 Å². The molecule has 0 aromatic carbocycles. The minimum atomic E-state index is 0.503. The van der Waals surface area contributed by atoms with Crippen molar-refractivity contribution in [1.82, 2.24) is 0 Å². The Balaban J connectivity index is 2.63. The van der Waals surface area contributed by atoms with Gasteiger partial charge in [-0.3, -0.25) is 0 Å². The van der Waals surface area contributed by atoms with E-state index in [0.29, 0.717) is 11.8 Å². The molecule has 0 aromatic rings.